The van der Waals surface area contributed by atoms with Gasteiger partial charge in [0.05, 0.1) is 16.9 Å². The number of nitrogen functional groups attached to an aromatic ring is 1. The van der Waals surface area contributed by atoms with Crippen LogP contribution in [0.15, 0.2) is 30.6 Å². The van der Waals surface area contributed by atoms with Crippen molar-refractivity contribution in [2.24, 2.45) is 0 Å². The number of rotatable bonds is 4. The zero-order valence-corrected chi connectivity index (χ0v) is 10.6. The van der Waals surface area contributed by atoms with Crippen molar-refractivity contribution in [3.8, 4) is 17.2 Å². The molecule has 1 aromatic carbocycles. The molecule has 0 radical (unpaired) electrons. The van der Waals surface area contributed by atoms with Crippen LogP contribution in [0.3, 0.4) is 0 Å². The van der Waals surface area contributed by atoms with Crippen molar-refractivity contribution in [2.75, 3.05) is 5.73 Å². The van der Waals surface area contributed by atoms with Crippen LogP contribution in [-0.4, -0.2) is 11.6 Å². The van der Waals surface area contributed by atoms with Gasteiger partial charge in [0.25, 0.3) is 0 Å². The molecule has 2 aromatic rings. The normalized spacial score (nSPS) is 10.7. The number of halogens is 4. The largest absolute Gasteiger partial charge is 0.453 e. The van der Waals surface area contributed by atoms with Crippen LogP contribution in [-0.2, 0) is 0 Å². The molecular formula is C12H8ClF3N2O2. The van der Waals surface area contributed by atoms with Gasteiger partial charge < -0.3 is 15.2 Å². The lowest BCUT2D eigenvalue weighted by molar-refractivity contribution is -0.0522. The molecule has 20 heavy (non-hydrogen) atoms. The third kappa shape index (κ3) is 3.45. The van der Waals surface area contributed by atoms with Crippen LogP contribution < -0.4 is 15.2 Å². The maximum absolute atomic E-state index is 13.4. The number of ether oxygens (including phenoxy) is 2. The number of anilines is 1. The summed E-state index contributed by atoms with van der Waals surface area (Å²) in [6.07, 6.45) is 2.72. The molecule has 1 aromatic heterocycles. The summed E-state index contributed by atoms with van der Waals surface area (Å²) in [6.45, 7) is -3.16. The van der Waals surface area contributed by atoms with Crippen molar-refractivity contribution in [1.29, 1.82) is 0 Å². The van der Waals surface area contributed by atoms with E-state index in [2.05, 4.69) is 9.72 Å². The van der Waals surface area contributed by atoms with Crippen LogP contribution in [0.5, 0.6) is 17.2 Å². The Morgan fingerprint density at radius 3 is 2.55 bits per heavy atom. The smallest absolute Gasteiger partial charge is 0.387 e. The second kappa shape index (κ2) is 5.87. The lowest BCUT2D eigenvalue weighted by Crippen LogP contribution is -2.05. The Labute approximate surface area is 116 Å². The summed E-state index contributed by atoms with van der Waals surface area (Å²) in [4.78, 5) is 3.78. The summed E-state index contributed by atoms with van der Waals surface area (Å²) in [6, 6.07) is 3.19. The molecule has 0 aliphatic heterocycles. The van der Waals surface area contributed by atoms with E-state index in [1.165, 1.54) is 18.5 Å². The summed E-state index contributed by atoms with van der Waals surface area (Å²) < 4.78 is 46.9. The quantitative estimate of drug-likeness (QED) is 0.872. The first-order chi connectivity index (χ1) is 9.45. The Morgan fingerprint density at radius 1 is 1.15 bits per heavy atom. The van der Waals surface area contributed by atoms with Crippen molar-refractivity contribution >= 4 is 17.3 Å². The molecular weight excluding hydrogens is 297 g/mol. The highest BCUT2D eigenvalue weighted by molar-refractivity contribution is 6.30. The first-order valence-electron chi connectivity index (χ1n) is 5.28. The van der Waals surface area contributed by atoms with Crippen LogP contribution in [0.25, 0.3) is 0 Å². The predicted molar refractivity (Wildman–Crippen MR) is 66.8 cm³/mol. The molecule has 0 saturated heterocycles. The Kier molecular flexibility index (Phi) is 4.19. The van der Waals surface area contributed by atoms with Crippen LogP contribution >= 0.6 is 11.6 Å². The summed E-state index contributed by atoms with van der Waals surface area (Å²) in [5.74, 6) is -1.51. The van der Waals surface area contributed by atoms with Gasteiger partial charge in [0.2, 0.25) is 0 Å². The molecule has 8 heteroatoms. The van der Waals surface area contributed by atoms with E-state index in [-0.39, 0.29) is 17.2 Å². The molecule has 0 aliphatic carbocycles. The number of nitrogens with zero attached hydrogens (tertiary/aromatic N) is 1. The molecule has 0 unspecified atom stereocenters. The van der Waals surface area contributed by atoms with Crippen molar-refractivity contribution in [3.63, 3.8) is 0 Å². The number of alkyl halides is 2. The first kappa shape index (κ1) is 14.3. The Hall–Kier alpha value is -2.15. The summed E-state index contributed by atoms with van der Waals surface area (Å²) in [5.41, 5.74) is 5.47. The zero-order chi connectivity index (χ0) is 14.7. The molecule has 2 rings (SSSR count). The van der Waals surface area contributed by atoms with Crippen LogP contribution in [0.1, 0.15) is 0 Å². The van der Waals surface area contributed by atoms with Crippen molar-refractivity contribution in [2.45, 2.75) is 6.61 Å². The van der Waals surface area contributed by atoms with Gasteiger partial charge in [0.1, 0.15) is 5.75 Å². The van der Waals surface area contributed by atoms with E-state index >= 15 is 0 Å². The van der Waals surface area contributed by atoms with E-state index in [1.54, 1.807) is 0 Å². The van der Waals surface area contributed by atoms with E-state index in [0.29, 0.717) is 5.02 Å². The molecule has 0 bridgehead atoms. The SMILES string of the molecule is Nc1cc(F)c(OC(F)F)cc1Oc1cncc(Cl)c1. The first-order valence-corrected chi connectivity index (χ1v) is 5.65. The fourth-order valence-electron chi connectivity index (χ4n) is 1.40. The average Bonchev–Trinajstić information content (AvgIpc) is 2.34. The molecule has 0 atom stereocenters. The van der Waals surface area contributed by atoms with Gasteiger partial charge in [0, 0.05) is 24.4 Å². The number of nitrogens with two attached hydrogens (primary N) is 1. The molecule has 106 valence electrons. The third-order valence-electron chi connectivity index (χ3n) is 2.19. The van der Waals surface area contributed by atoms with Crippen LogP contribution in [0, 0.1) is 5.82 Å². The van der Waals surface area contributed by atoms with Crippen LogP contribution in [0.4, 0.5) is 18.9 Å². The highest BCUT2D eigenvalue weighted by Gasteiger charge is 2.14. The van der Waals surface area contributed by atoms with Crippen LogP contribution in [0.2, 0.25) is 5.02 Å². The maximum Gasteiger partial charge on any atom is 0.387 e. The molecule has 0 amide bonds. The summed E-state index contributed by atoms with van der Waals surface area (Å²) in [7, 11) is 0. The molecule has 4 nitrogen and oxygen atoms in total. The molecule has 2 N–H and O–H groups in total. The number of pyridine rings is 1. The van der Waals surface area contributed by atoms with Gasteiger partial charge >= 0.3 is 6.61 Å². The van der Waals surface area contributed by atoms with Gasteiger partial charge in [-0.2, -0.15) is 8.78 Å². The lowest BCUT2D eigenvalue weighted by atomic mass is 10.2. The fraction of sp³-hybridized carbons (Fsp3) is 0.0833. The Bertz CT molecular complexity index is 626. The number of hydrogen-bond acceptors (Lipinski definition) is 4. The minimum Gasteiger partial charge on any atom is -0.453 e. The Balaban J connectivity index is 2.31. The van der Waals surface area contributed by atoms with E-state index in [1.807, 2.05) is 0 Å². The van der Waals surface area contributed by atoms with E-state index in [0.717, 1.165) is 12.1 Å². The molecule has 0 fully saturated rings. The maximum atomic E-state index is 13.4. The number of benzene rings is 1. The fourth-order valence-corrected chi connectivity index (χ4v) is 1.56. The lowest BCUT2D eigenvalue weighted by Gasteiger charge is -2.12. The van der Waals surface area contributed by atoms with E-state index in [4.69, 9.17) is 22.1 Å². The number of aromatic nitrogens is 1. The second-order valence-electron chi connectivity index (χ2n) is 3.64. The molecule has 0 spiro atoms. The van der Waals surface area contributed by atoms with Gasteiger partial charge in [-0.15, -0.1) is 0 Å². The monoisotopic (exact) mass is 304 g/mol. The third-order valence-corrected chi connectivity index (χ3v) is 2.39. The van der Waals surface area contributed by atoms with Gasteiger partial charge in [-0.1, -0.05) is 11.6 Å². The molecule has 0 saturated carbocycles. The number of hydrogen-bond donors (Lipinski definition) is 1. The van der Waals surface area contributed by atoms with Gasteiger partial charge in [-0.3, -0.25) is 4.98 Å². The minimum absolute atomic E-state index is 0.0499. The minimum atomic E-state index is -3.16. The molecule has 1 heterocycles. The standard InChI is InChI=1S/C12H8ClF3N2O2/c13-6-1-7(5-18-4-6)19-11-3-10(20-12(15)16)8(14)2-9(11)17/h1-5,12H,17H2. The molecule has 0 aliphatic rings. The summed E-state index contributed by atoms with van der Waals surface area (Å²) >= 11 is 5.72. The van der Waals surface area contributed by atoms with E-state index < -0.39 is 18.2 Å². The second-order valence-corrected chi connectivity index (χ2v) is 4.08. The van der Waals surface area contributed by atoms with E-state index in [9.17, 15) is 13.2 Å². The van der Waals surface area contributed by atoms with Crippen molar-refractivity contribution in [1.82, 2.24) is 4.98 Å². The zero-order valence-electron chi connectivity index (χ0n) is 9.82. The van der Waals surface area contributed by atoms with Gasteiger partial charge in [-0.05, 0) is 0 Å². The Morgan fingerprint density at radius 2 is 1.90 bits per heavy atom. The highest BCUT2D eigenvalue weighted by atomic mass is 35.5. The van der Waals surface area contributed by atoms with Crippen molar-refractivity contribution < 1.29 is 22.6 Å². The highest BCUT2D eigenvalue weighted by Crippen LogP contribution is 2.34. The average molecular weight is 305 g/mol. The van der Waals surface area contributed by atoms with Gasteiger partial charge in [0.15, 0.2) is 17.3 Å². The summed E-state index contributed by atoms with van der Waals surface area (Å²) in [5, 5.41) is 0.312. The topological polar surface area (TPSA) is 57.4 Å². The predicted octanol–water partition coefficient (Wildman–Crippen LogP) is 3.85. The van der Waals surface area contributed by atoms with Gasteiger partial charge in [-0.25, -0.2) is 4.39 Å². The van der Waals surface area contributed by atoms with Crippen molar-refractivity contribution in [3.05, 3.63) is 41.4 Å².